The number of non-ortho nitro benzene ring substituents is 1. The number of rotatable bonds is 5. The number of nitro benzene ring substituents is 1. The van der Waals surface area contributed by atoms with Gasteiger partial charge in [-0.1, -0.05) is 12.1 Å². The van der Waals surface area contributed by atoms with E-state index in [1.54, 1.807) is 6.07 Å². The molecule has 6 nitrogen and oxygen atoms in total. The van der Waals surface area contributed by atoms with E-state index in [1.165, 1.54) is 18.2 Å². The fourth-order valence-corrected chi connectivity index (χ4v) is 1.13. The minimum atomic E-state index is -1.00. The van der Waals surface area contributed by atoms with E-state index in [1.807, 2.05) is 0 Å². The van der Waals surface area contributed by atoms with Gasteiger partial charge in [0.15, 0.2) is 0 Å². The van der Waals surface area contributed by atoms with Gasteiger partial charge in [0.05, 0.1) is 11.5 Å². The van der Waals surface area contributed by atoms with E-state index < -0.39 is 11.2 Å². The smallest absolute Gasteiger partial charge is 0.269 e. The maximum atomic E-state index is 10.5. The fraction of sp³-hybridized carbons (Fsp3) is 0.333. The first-order chi connectivity index (χ1) is 7.15. The molecule has 1 aromatic rings. The molecule has 0 amide bonds. The second kappa shape index (κ2) is 5.40. The molecule has 1 unspecified atom stereocenters. The highest BCUT2D eigenvalue weighted by Gasteiger charge is 2.11. The lowest BCUT2D eigenvalue weighted by Gasteiger charge is -2.11. The van der Waals surface area contributed by atoms with Crippen molar-refractivity contribution in [3.05, 3.63) is 39.9 Å². The quantitative estimate of drug-likeness (QED) is 0.367. The van der Waals surface area contributed by atoms with E-state index in [0.717, 1.165) is 0 Å². The highest BCUT2D eigenvalue weighted by atomic mass is 16.6. The summed E-state index contributed by atoms with van der Waals surface area (Å²) in [5, 5.41) is 31.1. The van der Waals surface area contributed by atoms with E-state index >= 15 is 0 Å². The first kappa shape index (κ1) is 11.6. The molecule has 6 heteroatoms. The van der Waals surface area contributed by atoms with Crippen LogP contribution in [0.4, 0.5) is 5.69 Å². The third-order valence-electron chi connectivity index (χ3n) is 1.85. The Morgan fingerprint density at radius 2 is 2.27 bits per heavy atom. The summed E-state index contributed by atoms with van der Waals surface area (Å²) in [6, 6.07) is 5.71. The molecular weight excluding hydrogens is 200 g/mol. The number of benzene rings is 1. The zero-order valence-electron chi connectivity index (χ0n) is 7.96. The normalized spacial score (nSPS) is 12.4. The van der Waals surface area contributed by atoms with Crippen molar-refractivity contribution < 1.29 is 15.1 Å². The first-order valence-electron chi connectivity index (χ1n) is 4.42. The molecule has 0 aliphatic heterocycles. The standard InChI is InChI=1S/C9H12N2O4/c12-5-4-10-9(13)7-2-1-3-8(6-7)11(14)15/h1-3,6,9-10,12-13H,4-5H2. The van der Waals surface area contributed by atoms with Gasteiger partial charge >= 0.3 is 0 Å². The molecule has 0 aliphatic rings. The van der Waals surface area contributed by atoms with Gasteiger partial charge < -0.3 is 10.2 Å². The van der Waals surface area contributed by atoms with Crippen LogP contribution in [0, 0.1) is 10.1 Å². The van der Waals surface area contributed by atoms with E-state index in [4.69, 9.17) is 5.11 Å². The highest BCUT2D eigenvalue weighted by molar-refractivity contribution is 5.35. The van der Waals surface area contributed by atoms with Gasteiger partial charge in [-0.2, -0.15) is 0 Å². The first-order valence-corrected chi connectivity index (χ1v) is 4.42. The Morgan fingerprint density at radius 1 is 1.53 bits per heavy atom. The highest BCUT2D eigenvalue weighted by Crippen LogP contribution is 2.17. The molecule has 0 aromatic heterocycles. The molecular formula is C9H12N2O4. The van der Waals surface area contributed by atoms with Gasteiger partial charge in [-0.25, -0.2) is 0 Å². The second-order valence-corrected chi connectivity index (χ2v) is 2.93. The van der Waals surface area contributed by atoms with Crippen molar-refractivity contribution in [3.8, 4) is 0 Å². The van der Waals surface area contributed by atoms with Crippen molar-refractivity contribution in [2.75, 3.05) is 13.2 Å². The van der Waals surface area contributed by atoms with E-state index in [0.29, 0.717) is 5.56 Å². The average Bonchev–Trinajstić information content (AvgIpc) is 2.26. The van der Waals surface area contributed by atoms with Gasteiger partial charge in [0.1, 0.15) is 6.23 Å². The van der Waals surface area contributed by atoms with Gasteiger partial charge in [0, 0.05) is 24.2 Å². The van der Waals surface area contributed by atoms with E-state index in [9.17, 15) is 15.2 Å². The Bertz CT molecular complexity index is 343. The third kappa shape index (κ3) is 3.28. The number of aliphatic hydroxyl groups is 2. The zero-order chi connectivity index (χ0) is 11.3. The molecule has 0 fully saturated rings. The average molecular weight is 212 g/mol. The number of nitrogens with zero attached hydrogens (tertiary/aromatic N) is 1. The number of hydrogen-bond acceptors (Lipinski definition) is 5. The van der Waals surface area contributed by atoms with Crippen molar-refractivity contribution in [1.29, 1.82) is 0 Å². The molecule has 0 saturated carbocycles. The summed E-state index contributed by atoms with van der Waals surface area (Å²) >= 11 is 0. The third-order valence-corrected chi connectivity index (χ3v) is 1.85. The van der Waals surface area contributed by atoms with Crippen LogP contribution in [0.1, 0.15) is 11.8 Å². The molecule has 0 saturated heterocycles. The Kier molecular flexibility index (Phi) is 4.17. The van der Waals surface area contributed by atoms with E-state index in [2.05, 4.69) is 5.32 Å². The monoisotopic (exact) mass is 212 g/mol. The Labute approximate surface area is 86.3 Å². The van der Waals surface area contributed by atoms with Crippen LogP contribution in [-0.2, 0) is 0 Å². The molecule has 0 heterocycles. The SMILES string of the molecule is O=[N+]([O-])c1cccc(C(O)NCCO)c1. The predicted molar refractivity (Wildman–Crippen MR) is 53.1 cm³/mol. The van der Waals surface area contributed by atoms with Crippen LogP contribution in [0.15, 0.2) is 24.3 Å². The lowest BCUT2D eigenvalue weighted by atomic mass is 10.2. The molecule has 15 heavy (non-hydrogen) atoms. The summed E-state index contributed by atoms with van der Waals surface area (Å²) in [6.07, 6.45) is -1.00. The topological polar surface area (TPSA) is 95.6 Å². The molecule has 0 radical (unpaired) electrons. The molecule has 82 valence electrons. The maximum Gasteiger partial charge on any atom is 0.269 e. The van der Waals surface area contributed by atoms with Crippen LogP contribution in [0.2, 0.25) is 0 Å². The minimum Gasteiger partial charge on any atom is -0.395 e. The largest absolute Gasteiger partial charge is 0.395 e. The summed E-state index contributed by atoms with van der Waals surface area (Å²) in [5.41, 5.74) is 0.329. The second-order valence-electron chi connectivity index (χ2n) is 2.93. The lowest BCUT2D eigenvalue weighted by Crippen LogP contribution is -2.24. The maximum absolute atomic E-state index is 10.5. The van der Waals surface area contributed by atoms with Crippen LogP contribution < -0.4 is 5.32 Å². The summed E-state index contributed by atoms with van der Waals surface area (Å²) in [7, 11) is 0. The number of nitro groups is 1. The van der Waals surface area contributed by atoms with Crippen LogP contribution in [0.5, 0.6) is 0 Å². The number of aliphatic hydroxyl groups excluding tert-OH is 2. The summed E-state index contributed by atoms with van der Waals surface area (Å²) in [6.45, 7) is 0.121. The van der Waals surface area contributed by atoms with Crippen LogP contribution in [-0.4, -0.2) is 28.3 Å². The summed E-state index contributed by atoms with van der Waals surface area (Å²) in [4.78, 5) is 9.93. The lowest BCUT2D eigenvalue weighted by molar-refractivity contribution is -0.385. The number of nitrogens with one attached hydrogen (secondary N) is 1. The molecule has 0 aliphatic carbocycles. The van der Waals surface area contributed by atoms with Gasteiger partial charge in [-0.15, -0.1) is 0 Å². The summed E-state index contributed by atoms with van der Waals surface area (Å²) < 4.78 is 0. The molecule has 0 spiro atoms. The number of hydrogen-bond donors (Lipinski definition) is 3. The molecule has 0 bridgehead atoms. The Morgan fingerprint density at radius 3 is 2.87 bits per heavy atom. The molecule has 3 N–H and O–H groups in total. The van der Waals surface area contributed by atoms with Crippen molar-refractivity contribution in [1.82, 2.24) is 5.32 Å². The molecule has 1 aromatic carbocycles. The van der Waals surface area contributed by atoms with Crippen molar-refractivity contribution >= 4 is 5.69 Å². The van der Waals surface area contributed by atoms with Gasteiger partial charge in [0.25, 0.3) is 5.69 Å². The fourth-order valence-electron chi connectivity index (χ4n) is 1.13. The van der Waals surface area contributed by atoms with Crippen LogP contribution in [0.25, 0.3) is 0 Å². The Hall–Kier alpha value is -1.50. The minimum absolute atomic E-state index is 0.0719. The molecule has 1 atom stereocenters. The van der Waals surface area contributed by atoms with Gasteiger partial charge in [-0.05, 0) is 0 Å². The zero-order valence-corrected chi connectivity index (χ0v) is 7.96. The van der Waals surface area contributed by atoms with Crippen molar-refractivity contribution in [2.45, 2.75) is 6.23 Å². The van der Waals surface area contributed by atoms with Gasteiger partial charge in [-0.3, -0.25) is 15.4 Å². The molecule has 1 rings (SSSR count). The summed E-state index contributed by atoms with van der Waals surface area (Å²) in [5.74, 6) is 0. The Balaban J connectivity index is 2.76. The van der Waals surface area contributed by atoms with Gasteiger partial charge in [0.2, 0.25) is 0 Å². The van der Waals surface area contributed by atoms with Crippen LogP contribution in [0.3, 0.4) is 0 Å². The predicted octanol–water partition coefficient (Wildman–Crippen LogP) is 0.168. The van der Waals surface area contributed by atoms with Crippen molar-refractivity contribution in [3.63, 3.8) is 0 Å². The van der Waals surface area contributed by atoms with Crippen molar-refractivity contribution in [2.24, 2.45) is 0 Å². The van der Waals surface area contributed by atoms with E-state index in [-0.39, 0.29) is 18.8 Å². The van der Waals surface area contributed by atoms with Crippen LogP contribution >= 0.6 is 0 Å².